The van der Waals surface area contributed by atoms with E-state index in [9.17, 15) is 8.78 Å². The Morgan fingerprint density at radius 1 is 1.05 bits per heavy atom. The lowest BCUT2D eigenvalue weighted by Gasteiger charge is -2.15. The van der Waals surface area contributed by atoms with Crippen molar-refractivity contribution in [2.75, 3.05) is 19.5 Å². The maximum atomic E-state index is 14.3. The Labute approximate surface area is 135 Å². The predicted octanol–water partition coefficient (Wildman–Crippen LogP) is 4.50. The summed E-state index contributed by atoms with van der Waals surface area (Å²) in [6.07, 6.45) is 0. The van der Waals surface area contributed by atoms with E-state index in [4.69, 9.17) is 9.47 Å². The molecule has 2 rings (SSSR count). The zero-order valence-electron chi connectivity index (χ0n) is 12.6. The second-order valence-corrected chi connectivity index (χ2v) is 5.48. The Balaban J connectivity index is 2.56. The second-order valence-electron chi connectivity index (χ2n) is 4.63. The quantitative estimate of drug-likeness (QED) is 0.857. The number of hydrogen-bond acceptors (Lipinski definition) is 4. The molecule has 0 saturated heterocycles. The van der Waals surface area contributed by atoms with Crippen molar-refractivity contribution in [2.45, 2.75) is 13.8 Å². The Morgan fingerprint density at radius 2 is 1.59 bits per heavy atom. The van der Waals surface area contributed by atoms with E-state index in [2.05, 4.69) is 26.2 Å². The Bertz CT molecular complexity index is 695. The van der Waals surface area contributed by atoms with Crippen molar-refractivity contribution >= 4 is 27.4 Å². The van der Waals surface area contributed by atoms with Crippen LogP contribution in [0.2, 0.25) is 0 Å². The predicted molar refractivity (Wildman–Crippen MR) is 84.2 cm³/mol. The number of ether oxygens (including phenoxy) is 2. The van der Waals surface area contributed by atoms with Gasteiger partial charge in [0, 0.05) is 11.8 Å². The summed E-state index contributed by atoms with van der Waals surface area (Å²) in [7, 11) is 2.59. The first-order chi connectivity index (χ1) is 10.4. The Hall–Kier alpha value is -1.89. The summed E-state index contributed by atoms with van der Waals surface area (Å²) in [5, 5.41) is 2.66. The van der Waals surface area contributed by atoms with Crippen LogP contribution in [0, 0.1) is 25.5 Å². The number of nitrogens with zero attached hydrogens (tertiary/aromatic N) is 1. The van der Waals surface area contributed by atoms with E-state index in [0.29, 0.717) is 10.3 Å². The normalized spacial score (nSPS) is 10.5. The van der Waals surface area contributed by atoms with Gasteiger partial charge in [0.1, 0.15) is 11.5 Å². The first-order valence-electron chi connectivity index (χ1n) is 6.39. The summed E-state index contributed by atoms with van der Waals surface area (Å²) in [5.74, 6) is -1.65. The molecule has 4 nitrogen and oxygen atoms in total. The van der Waals surface area contributed by atoms with E-state index >= 15 is 0 Å². The molecule has 1 N–H and O–H groups in total. The van der Waals surface area contributed by atoms with Crippen molar-refractivity contribution in [3.63, 3.8) is 0 Å². The van der Waals surface area contributed by atoms with Crippen LogP contribution in [0.5, 0.6) is 11.5 Å². The van der Waals surface area contributed by atoms with E-state index in [1.807, 2.05) is 19.9 Å². The third-order valence-electron chi connectivity index (χ3n) is 3.24. The monoisotopic (exact) mass is 372 g/mol. The van der Waals surface area contributed by atoms with Gasteiger partial charge in [0.15, 0.2) is 23.1 Å². The highest BCUT2D eigenvalue weighted by atomic mass is 79.9. The van der Waals surface area contributed by atoms with E-state index in [-0.39, 0.29) is 17.2 Å². The van der Waals surface area contributed by atoms with Gasteiger partial charge >= 0.3 is 0 Å². The molecule has 7 heteroatoms. The van der Waals surface area contributed by atoms with Gasteiger partial charge in [-0.05, 0) is 41.4 Å². The van der Waals surface area contributed by atoms with E-state index < -0.39 is 11.6 Å². The van der Waals surface area contributed by atoms with Gasteiger partial charge in [0.2, 0.25) is 0 Å². The van der Waals surface area contributed by atoms with Gasteiger partial charge in [0.25, 0.3) is 0 Å². The number of aryl methyl sites for hydroxylation is 2. The number of hydrogen-bond donors (Lipinski definition) is 1. The van der Waals surface area contributed by atoms with Crippen LogP contribution >= 0.6 is 15.9 Å². The van der Waals surface area contributed by atoms with E-state index in [0.717, 1.165) is 17.3 Å². The zero-order chi connectivity index (χ0) is 16.4. The van der Waals surface area contributed by atoms with Crippen molar-refractivity contribution in [3.05, 3.63) is 39.5 Å². The average molecular weight is 373 g/mol. The molecule has 1 aromatic carbocycles. The Kier molecular flexibility index (Phi) is 4.85. The molecule has 1 aromatic heterocycles. The standard InChI is InChI=1S/C15H15BrF2N2O2/c1-7-5-9(16)15(19-8(7)2)20-14-12(17)10(21-3)6-11(22-4)13(14)18/h5-6H,1-4H3,(H,19,20). The highest BCUT2D eigenvalue weighted by molar-refractivity contribution is 9.10. The number of rotatable bonds is 4. The fourth-order valence-electron chi connectivity index (χ4n) is 1.87. The first kappa shape index (κ1) is 16.5. The molecular weight excluding hydrogens is 358 g/mol. The van der Waals surface area contributed by atoms with E-state index in [1.54, 1.807) is 0 Å². The number of pyridine rings is 1. The van der Waals surface area contributed by atoms with Gasteiger partial charge in [-0.3, -0.25) is 0 Å². The molecule has 0 bridgehead atoms. The molecule has 0 unspecified atom stereocenters. The van der Waals surface area contributed by atoms with Crippen LogP contribution < -0.4 is 14.8 Å². The van der Waals surface area contributed by atoms with Crippen molar-refractivity contribution in [3.8, 4) is 11.5 Å². The van der Waals surface area contributed by atoms with Gasteiger partial charge in [-0.2, -0.15) is 0 Å². The first-order valence-corrected chi connectivity index (χ1v) is 7.19. The minimum atomic E-state index is -0.854. The van der Waals surface area contributed by atoms with Crippen LogP contribution in [-0.4, -0.2) is 19.2 Å². The van der Waals surface area contributed by atoms with Crippen LogP contribution in [0.15, 0.2) is 16.6 Å². The van der Waals surface area contributed by atoms with Gasteiger partial charge in [-0.1, -0.05) is 0 Å². The highest BCUT2D eigenvalue weighted by Crippen LogP contribution is 2.37. The number of methoxy groups -OCH3 is 2. The summed E-state index contributed by atoms with van der Waals surface area (Å²) >= 11 is 3.33. The molecule has 2 aromatic rings. The largest absolute Gasteiger partial charge is 0.493 e. The summed E-state index contributed by atoms with van der Waals surface area (Å²) in [4.78, 5) is 4.29. The summed E-state index contributed by atoms with van der Waals surface area (Å²) in [6.45, 7) is 3.71. The topological polar surface area (TPSA) is 43.4 Å². The molecule has 0 spiro atoms. The maximum absolute atomic E-state index is 14.3. The van der Waals surface area contributed by atoms with Crippen molar-refractivity contribution in [1.29, 1.82) is 0 Å². The highest BCUT2D eigenvalue weighted by Gasteiger charge is 2.21. The van der Waals surface area contributed by atoms with Crippen LogP contribution in [-0.2, 0) is 0 Å². The van der Waals surface area contributed by atoms with Gasteiger partial charge < -0.3 is 14.8 Å². The molecule has 0 fully saturated rings. The van der Waals surface area contributed by atoms with Crippen LogP contribution in [0.1, 0.15) is 11.3 Å². The van der Waals surface area contributed by atoms with Gasteiger partial charge in [0.05, 0.1) is 18.7 Å². The van der Waals surface area contributed by atoms with Crippen molar-refractivity contribution in [2.24, 2.45) is 0 Å². The summed E-state index contributed by atoms with van der Waals surface area (Å²) in [6, 6.07) is 2.97. The second kappa shape index (κ2) is 6.48. The molecular formula is C15H15BrF2N2O2. The number of anilines is 2. The third kappa shape index (κ3) is 2.99. The van der Waals surface area contributed by atoms with Crippen molar-refractivity contribution < 1.29 is 18.3 Å². The number of benzene rings is 1. The van der Waals surface area contributed by atoms with Crippen molar-refractivity contribution in [1.82, 2.24) is 4.98 Å². The molecule has 118 valence electrons. The minimum Gasteiger partial charge on any atom is -0.493 e. The average Bonchev–Trinajstić information content (AvgIpc) is 2.49. The Morgan fingerprint density at radius 3 is 2.09 bits per heavy atom. The van der Waals surface area contributed by atoms with Crippen LogP contribution in [0.25, 0.3) is 0 Å². The fraction of sp³-hybridized carbons (Fsp3) is 0.267. The van der Waals surface area contributed by atoms with Crippen LogP contribution in [0.4, 0.5) is 20.3 Å². The number of aromatic nitrogens is 1. The maximum Gasteiger partial charge on any atom is 0.191 e. The lowest BCUT2D eigenvalue weighted by Crippen LogP contribution is -2.05. The number of nitrogens with one attached hydrogen (secondary N) is 1. The molecule has 0 saturated carbocycles. The molecule has 22 heavy (non-hydrogen) atoms. The fourth-order valence-corrected chi connectivity index (χ4v) is 2.40. The van der Waals surface area contributed by atoms with Gasteiger partial charge in [-0.15, -0.1) is 0 Å². The lowest BCUT2D eigenvalue weighted by atomic mass is 10.2. The summed E-state index contributed by atoms with van der Waals surface area (Å²) in [5.41, 5.74) is 1.33. The zero-order valence-corrected chi connectivity index (χ0v) is 14.1. The SMILES string of the molecule is COc1cc(OC)c(F)c(Nc2nc(C)c(C)cc2Br)c1F. The molecule has 0 amide bonds. The smallest absolute Gasteiger partial charge is 0.191 e. The minimum absolute atomic E-state index is 0.124. The number of halogens is 3. The molecule has 0 aliphatic carbocycles. The van der Waals surface area contributed by atoms with E-state index in [1.165, 1.54) is 14.2 Å². The van der Waals surface area contributed by atoms with Crippen LogP contribution in [0.3, 0.4) is 0 Å². The molecule has 0 aliphatic heterocycles. The molecule has 0 atom stereocenters. The third-order valence-corrected chi connectivity index (χ3v) is 3.84. The molecule has 1 heterocycles. The lowest BCUT2D eigenvalue weighted by molar-refractivity contribution is 0.360. The van der Waals surface area contributed by atoms with Gasteiger partial charge in [-0.25, -0.2) is 13.8 Å². The molecule has 0 radical (unpaired) electrons. The summed E-state index contributed by atoms with van der Waals surface area (Å²) < 4.78 is 39.0. The molecule has 0 aliphatic rings.